The second-order valence-electron chi connectivity index (χ2n) is 4.74. The lowest BCUT2D eigenvalue weighted by atomic mass is 10.0. The number of carbonyl (C=O) groups excluding carboxylic acids is 1. The number of likely N-dealkylation sites (tertiary alicyclic amines) is 1. The largest absolute Gasteiger partial charge is 0.357 e. The predicted molar refractivity (Wildman–Crippen MR) is 69.4 cm³/mol. The van der Waals surface area contributed by atoms with Gasteiger partial charge in [-0.1, -0.05) is 0 Å². The fraction of sp³-hybridized carbons (Fsp3) is 0.357. The van der Waals surface area contributed by atoms with E-state index in [9.17, 15) is 4.79 Å². The molecule has 0 bridgehead atoms. The van der Waals surface area contributed by atoms with Crippen LogP contribution < -0.4 is 0 Å². The van der Waals surface area contributed by atoms with Crippen molar-refractivity contribution in [3.05, 3.63) is 48.5 Å². The average molecular weight is 243 g/mol. The summed E-state index contributed by atoms with van der Waals surface area (Å²) < 4.78 is 2.25. The van der Waals surface area contributed by atoms with Crippen molar-refractivity contribution < 1.29 is 4.79 Å². The molecule has 4 nitrogen and oxygen atoms in total. The fourth-order valence-electron chi connectivity index (χ4n) is 2.59. The van der Waals surface area contributed by atoms with Gasteiger partial charge in [-0.2, -0.15) is 0 Å². The van der Waals surface area contributed by atoms with Gasteiger partial charge in [0.15, 0.2) is 0 Å². The number of carbonyl (C=O) groups is 1. The molecule has 0 atom stereocenters. The molecule has 1 N–H and O–H groups in total. The monoisotopic (exact) mass is 243 g/mol. The van der Waals surface area contributed by atoms with Crippen molar-refractivity contribution in [2.75, 3.05) is 13.1 Å². The van der Waals surface area contributed by atoms with Gasteiger partial charge in [-0.3, -0.25) is 4.79 Å². The summed E-state index contributed by atoms with van der Waals surface area (Å²) in [6.07, 6.45) is 8.06. The van der Waals surface area contributed by atoms with Crippen LogP contribution in [-0.2, 0) is 0 Å². The number of aromatic nitrogens is 2. The molecule has 1 fully saturated rings. The maximum Gasteiger partial charge on any atom is 0.270 e. The minimum absolute atomic E-state index is 0.117. The van der Waals surface area contributed by atoms with Crippen LogP contribution in [0.4, 0.5) is 0 Å². The van der Waals surface area contributed by atoms with E-state index in [0.29, 0.717) is 11.7 Å². The number of nitrogens with one attached hydrogen (secondary N) is 1. The van der Waals surface area contributed by atoms with E-state index < -0.39 is 0 Å². The predicted octanol–water partition coefficient (Wildman–Crippen LogP) is 2.29. The summed E-state index contributed by atoms with van der Waals surface area (Å²) in [5, 5.41) is 0. The smallest absolute Gasteiger partial charge is 0.270 e. The lowest BCUT2D eigenvalue weighted by molar-refractivity contribution is 0.0689. The SMILES string of the molecule is O=C(c1ccc[nH]1)N1CCC(n2cccc2)CC1. The van der Waals surface area contributed by atoms with Gasteiger partial charge < -0.3 is 14.5 Å². The van der Waals surface area contributed by atoms with Crippen LogP contribution in [0.15, 0.2) is 42.9 Å². The van der Waals surface area contributed by atoms with Crippen molar-refractivity contribution in [2.45, 2.75) is 18.9 Å². The normalized spacial score (nSPS) is 17.0. The summed E-state index contributed by atoms with van der Waals surface area (Å²) in [5.41, 5.74) is 0.689. The molecule has 94 valence electrons. The Morgan fingerprint density at radius 2 is 1.89 bits per heavy atom. The van der Waals surface area contributed by atoms with Gasteiger partial charge in [0.25, 0.3) is 5.91 Å². The summed E-state index contributed by atoms with van der Waals surface area (Å²) in [6.45, 7) is 1.67. The number of H-pyrrole nitrogens is 1. The first kappa shape index (κ1) is 11.1. The Morgan fingerprint density at radius 3 is 2.50 bits per heavy atom. The molecule has 2 aromatic rings. The molecule has 0 radical (unpaired) electrons. The van der Waals surface area contributed by atoms with Crippen molar-refractivity contribution in [1.29, 1.82) is 0 Å². The lowest BCUT2D eigenvalue weighted by Gasteiger charge is -2.32. The van der Waals surface area contributed by atoms with E-state index in [4.69, 9.17) is 0 Å². The van der Waals surface area contributed by atoms with Crippen LogP contribution in [0.1, 0.15) is 29.4 Å². The molecule has 1 aliphatic heterocycles. The van der Waals surface area contributed by atoms with Crippen LogP contribution in [0.3, 0.4) is 0 Å². The van der Waals surface area contributed by atoms with Crippen molar-refractivity contribution in [3.63, 3.8) is 0 Å². The van der Waals surface area contributed by atoms with Gasteiger partial charge in [-0.25, -0.2) is 0 Å². The summed E-state index contributed by atoms with van der Waals surface area (Å²) in [5.74, 6) is 0.117. The average Bonchev–Trinajstić information content (AvgIpc) is 3.11. The molecule has 2 aromatic heterocycles. The quantitative estimate of drug-likeness (QED) is 0.863. The Kier molecular flexibility index (Phi) is 2.92. The van der Waals surface area contributed by atoms with Crippen molar-refractivity contribution >= 4 is 5.91 Å². The molecule has 4 heteroatoms. The summed E-state index contributed by atoms with van der Waals surface area (Å²) in [4.78, 5) is 17.1. The van der Waals surface area contributed by atoms with Gasteiger partial charge in [0, 0.05) is 37.7 Å². The number of hydrogen-bond donors (Lipinski definition) is 1. The molecule has 3 heterocycles. The van der Waals surface area contributed by atoms with Gasteiger partial charge in [0.1, 0.15) is 5.69 Å². The van der Waals surface area contributed by atoms with Gasteiger partial charge in [0.05, 0.1) is 0 Å². The Hall–Kier alpha value is -1.97. The Balaban J connectivity index is 1.62. The summed E-state index contributed by atoms with van der Waals surface area (Å²) >= 11 is 0. The lowest BCUT2D eigenvalue weighted by Crippen LogP contribution is -2.39. The summed E-state index contributed by atoms with van der Waals surface area (Å²) in [7, 11) is 0. The van der Waals surface area contributed by atoms with Gasteiger partial charge in [0.2, 0.25) is 0 Å². The number of piperidine rings is 1. The van der Waals surface area contributed by atoms with E-state index >= 15 is 0 Å². The summed E-state index contributed by atoms with van der Waals surface area (Å²) in [6, 6.07) is 8.33. The molecule has 1 saturated heterocycles. The molecule has 1 amide bonds. The third-order valence-electron chi connectivity index (χ3n) is 3.63. The standard InChI is InChI=1S/C14H17N3O/c18-14(13-4-3-7-15-13)17-10-5-12(6-11-17)16-8-1-2-9-16/h1-4,7-9,12,15H,5-6,10-11H2. The molecule has 1 aliphatic rings. The molecule has 0 saturated carbocycles. The molecular weight excluding hydrogens is 226 g/mol. The molecule has 0 aromatic carbocycles. The highest BCUT2D eigenvalue weighted by Crippen LogP contribution is 2.23. The minimum atomic E-state index is 0.117. The van der Waals surface area contributed by atoms with E-state index in [-0.39, 0.29) is 5.91 Å². The van der Waals surface area contributed by atoms with Crippen molar-refractivity contribution in [2.24, 2.45) is 0 Å². The van der Waals surface area contributed by atoms with E-state index in [0.717, 1.165) is 25.9 Å². The van der Waals surface area contributed by atoms with Crippen molar-refractivity contribution in [3.8, 4) is 0 Å². The Morgan fingerprint density at radius 1 is 1.17 bits per heavy atom. The number of aromatic amines is 1. The zero-order valence-electron chi connectivity index (χ0n) is 10.2. The highest BCUT2D eigenvalue weighted by Gasteiger charge is 2.24. The van der Waals surface area contributed by atoms with E-state index in [2.05, 4.69) is 34.1 Å². The number of rotatable bonds is 2. The van der Waals surface area contributed by atoms with E-state index in [1.165, 1.54) is 0 Å². The second-order valence-corrected chi connectivity index (χ2v) is 4.74. The number of amides is 1. The van der Waals surface area contributed by atoms with Crippen LogP contribution in [0, 0.1) is 0 Å². The van der Waals surface area contributed by atoms with Gasteiger partial charge in [-0.15, -0.1) is 0 Å². The van der Waals surface area contributed by atoms with Crippen LogP contribution in [0.25, 0.3) is 0 Å². The van der Waals surface area contributed by atoms with Crippen LogP contribution >= 0.6 is 0 Å². The number of hydrogen-bond acceptors (Lipinski definition) is 1. The first-order valence-corrected chi connectivity index (χ1v) is 6.40. The minimum Gasteiger partial charge on any atom is -0.357 e. The fourth-order valence-corrected chi connectivity index (χ4v) is 2.59. The first-order chi connectivity index (χ1) is 8.84. The Labute approximate surface area is 106 Å². The third kappa shape index (κ3) is 2.06. The van der Waals surface area contributed by atoms with E-state index in [1.807, 2.05) is 17.0 Å². The first-order valence-electron chi connectivity index (χ1n) is 6.40. The van der Waals surface area contributed by atoms with Crippen LogP contribution in [0.5, 0.6) is 0 Å². The van der Waals surface area contributed by atoms with Gasteiger partial charge in [-0.05, 0) is 37.1 Å². The molecule has 3 rings (SSSR count). The second kappa shape index (κ2) is 4.72. The highest BCUT2D eigenvalue weighted by molar-refractivity contribution is 5.92. The molecule has 0 unspecified atom stereocenters. The van der Waals surface area contributed by atoms with Crippen LogP contribution in [0.2, 0.25) is 0 Å². The van der Waals surface area contributed by atoms with E-state index in [1.54, 1.807) is 6.20 Å². The topological polar surface area (TPSA) is 41.0 Å². The maximum atomic E-state index is 12.1. The van der Waals surface area contributed by atoms with Gasteiger partial charge >= 0.3 is 0 Å². The maximum absolute atomic E-state index is 12.1. The van der Waals surface area contributed by atoms with Crippen molar-refractivity contribution in [1.82, 2.24) is 14.5 Å². The molecular formula is C14H17N3O. The van der Waals surface area contributed by atoms with Crippen LogP contribution in [-0.4, -0.2) is 33.4 Å². The third-order valence-corrected chi connectivity index (χ3v) is 3.63. The number of nitrogens with zero attached hydrogens (tertiary/aromatic N) is 2. The zero-order chi connectivity index (χ0) is 12.4. The molecule has 18 heavy (non-hydrogen) atoms. The molecule has 0 spiro atoms. The molecule has 0 aliphatic carbocycles. The zero-order valence-corrected chi connectivity index (χ0v) is 10.2. The highest BCUT2D eigenvalue weighted by atomic mass is 16.2. The Bertz CT molecular complexity index is 493.